The number of hydrazine groups is 1. The number of anilines is 2. The van der Waals surface area contributed by atoms with E-state index in [1.807, 2.05) is 0 Å². The lowest BCUT2D eigenvalue weighted by Crippen LogP contribution is -2.12. The van der Waals surface area contributed by atoms with Crippen LogP contribution in [0.1, 0.15) is 0 Å². The van der Waals surface area contributed by atoms with Crippen molar-refractivity contribution in [3.63, 3.8) is 0 Å². The van der Waals surface area contributed by atoms with Crippen LogP contribution >= 0.6 is 0 Å². The predicted molar refractivity (Wildman–Crippen MR) is 34.9 cm³/mol. The molecule has 0 fully saturated rings. The predicted octanol–water partition coefficient (Wildman–Crippen LogP) is -0.943. The van der Waals surface area contributed by atoms with Crippen LogP contribution in [0.25, 0.3) is 0 Å². The highest BCUT2D eigenvalue weighted by Gasteiger charge is 2.01. The minimum absolute atomic E-state index is 0.0654. The molecule has 0 amide bonds. The third-order valence-corrected chi connectivity index (χ3v) is 0.782. The van der Waals surface area contributed by atoms with Crippen molar-refractivity contribution in [1.29, 1.82) is 0 Å². The van der Waals surface area contributed by atoms with Crippen LogP contribution in [0.15, 0.2) is 6.33 Å². The van der Waals surface area contributed by atoms with Crippen molar-refractivity contribution in [2.45, 2.75) is 0 Å². The molecule has 0 aromatic carbocycles. The van der Waals surface area contributed by atoms with E-state index in [0.29, 0.717) is 0 Å². The molecule has 8 heteroatoms. The van der Waals surface area contributed by atoms with Crippen LogP contribution in [0.4, 0.5) is 11.9 Å². The fraction of sp³-hybridized carbons (Fsp3) is 0. The van der Waals surface area contributed by atoms with Gasteiger partial charge in [0.15, 0.2) is 5.03 Å². The number of nitrogens with zero attached hydrogens (tertiary/aromatic N) is 4. The van der Waals surface area contributed by atoms with E-state index < -0.39 is 5.03 Å². The van der Waals surface area contributed by atoms with Gasteiger partial charge in [0.25, 0.3) is 5.95 Å². The summed E-state index contributed by atoms with van der Waals surface area (Å²) < 4.78 is 0. The van der Waals surface area contributed by atoms with Crippen molar-refractivity contribution < 1.29 is 5.03 Å². The van der Waals surface area contributed by atoms with E-state index >= 15 is 0 Å². The smallest absolute Gasteiger partial charge is 0.289 e. The maximum atomic E-state index is 9.83. The molecule has 0 bridgehead atoms. The molecule has 0 saturated carbocycles. The summed E-state index contributed by atoms with van der Waals surface area (Å²) in [5, 5.41) is 9.05. The molecule has 0 saturated heterocycles. The van der Waals surface area contributed by atoms with Crippen LogP contribution in [0.2, 0.25) is 0 Å². The van der Waals surface area contributed by atoms with Gasteiger partial charge < -0.3 is 5.73 Å². The molecule has 1 aromatic heterocycles. The van der Waals surface area contributed by atoms with Gasteiger partial charge in [0.2, 0.25) is 5.95 Å². The SMILES string of the molecule is Nc1ncnc(N[N+](=O)[O-])n1. The Hall–Kier alpha value is -1.99. The molecule has 0 aliphatic carbocycles. The first kappa shape index (κ1) is 7.12. The van der Waals surface area contributed by atoms with Crippen molar-refractivity contribution in [2.75, 3.05) is 11.2 Å². The van der Waals surface area contributed by atoms with Crippen LogP contribution < -0.4 is 11.2 Å². The molecular weight excluding hydrogens is 152 g/mol. The monoisotopic (exact) mass is 156 g/mol. The topological polar surface area (TPSA) is 120 Å². The van der Waals surface area contributed by atoms with Crippen LogP contribution in [-0.2, 0) is 0 Å². The summed E-state index contributed by atoms with van der Waals surface area (Å²) in [7, 11) is 0. The van der Waals surface area contributed by atoms with Gasteiger partial charge in [0.1, 0.15) is 6.33 Å². The molecule has 0 unspecified atom stereocenters. The molecule has 0 aliphatic rings. The normalized spacial score (nSPS) is 9.09. The molecule has 0 spiro atoms. The first-order valence-electron chi connectivity index (χ1n) is 2.54. The lowest BCUT2D eigenvalue weighted by atomic mass is 10.9. The lowest BCUT2D eigenvalue weighted by Gasteiger charge is -1.93. The molecule has 1 aromatic rings. The summed E-state index contributed by atoms with van der Waals surface area (Å²) in [6.07, 6.45) is 1.08. The zero-order chi connectivity index (χ0) is 8.27. The first-order valence-corrected chi connectivity index (χ1v) is 2.54. The highest BCUT2D eigenvalue weighted by atomic mass is 16.7. The third kappa shape index (κ3) is 2.01. The Morgan fingerprint density at radius 1 is 1.64 bits per heavy atom. The second kappa shape index (κ2) is 2.73. The first-order chi connectivity index (χ1) is 5.18. The Labute approximate surface area is 60.6 Å². The second-order valence-corrected chi connectivity index (χ2v) is 1.54. The summed E-state index contributed by atoms with van der Waals surface area (Å²) >= 11 is 0. The number of aromatic nitrogens is 3. The molecule has 1 heterocycles. The zero-order valence-corrected chi connectivity index (χ0v) is 5.26. The van der Waals surface area contributed by atoms with Gasteiger partial charge in [0, 0.05) is 0 Å². The number of rotatable bonds is 2. The van der Waals surface area contributed by atoms with E-state index in [1.54, 1.807) is 5.43 Å². The third-order valence-electron chi connectivity index (χ3n) is 0.782. The molecule has 0 radical (unpaired) electrons. The van der Waals surface area contributed by atoms with Crippen molar-refractivity contribution >= 4 is 11.9 Å². The van der Waals surface area contributed by atoms with E-state index in [2.05, 4.69) is 15.0 Å². The quantitative estimate of drug-likeness (QED) is 0.418. The van der Waals surface area contributed by atoms with Gasteiger partial charge >= 0.3 is 0 Å². The van der Waals surface area contributed by atoms with E-state index in [4.69, 9.17) is 5.73 Å². The van der Waals surface area contributed by atoms with Gasteiger partial charge in [-0.1, -0.05) is 5.43 Å². The number of nitrogens with two attached hydrogens (primary N) is 1. The van der Waals surface area contributed by atoms with Crippen LogP contribution in [0, 0.1) is 10.1 Å². The van der Waals surface area contributed by atoms with E-state index in [1.165, 1.54) is 0 Å². The zero-order valence-electron chi connectivity index (χ0n) is 5.26. The number of nitrogens with one attached hydrogen (secondary N) is 1. The maximum Gasteiger partial charge on any atom is 0.289 e. The van der Waals surface area contributed by atoms with E-state index in [0.717, 1.165) is 6.33 Å². The van der Waals surface area contributed by atoms with Crippen LogP contribution in [0.5, 0.6) is 0 Å². The van der Waals surface area contributed by atoms with Gasteiger partial charge in [-0.05, 0) is 0 Å². The minimum atomic E-state index is -0.783. The second-order valence-electron chi connectivity index (χ2n) is 1.54. The largest absolute Gasteiger partial charge is 0.368 e. The minimum Gasteiger partial charge on any atom is -0.368 e. The van der Waals surface area contributed by atoms with Crippen molar-refractivity contribution in [3.05, 3.63) is 16.4 Å². The fourth-order valence-electron chi connectivity index (χ4n) is 0.444. The molecule has 58 valence electrons. The molecule has 3 N–H and O–H groups in total. The Bertz CT molecular complexity index is 274. The number of nitrogen functional groups attached to an aromatic ring is 1. The molecule has 1 rings (SSSR count). The molecule has 8 nitrogen and oxygen atoms in total. The number of nitro groups is 1. The van der Waals surface area contributed by atoms with Crippen molar-refractivity contribution in [1.82, 2.24) is 15.0 Å². The van der Waals surface area contributed by atoms with Crippen LogP contribution in [0.3, 0.4) is 0 Å². The summed E-state index contributed by atoms with van der Waals surface area (Å²) in [6, 6.07) is 0. The highest BCUT2D eigenvalue weighted by Crippen LogP contribution is 1.95. The number of hydrogen-bond donors (Lipinski definition) is 2. The summed E-state index contributed by atoms with van der Waals surface area (Å²) in [4.78, 5) is 20.1. The van der Waals surface area contributed by atoms with Crippen molar-refractivity contribution in [2.24, 2.45) is 0 Å². The average Bonchev–Trinajstić information content (AvgIpc) is 1.85. The Morgan fingerprint density at radius 3 is 2.91 bits per heavy atom. The lowest BCUT2D eigenvalue weighted by molar-refractivity contribution is -0.446. The van der Waals surface area contributed by atoms with Gasteiger partial charge in [-0.15, -0.1) is 0 Å². The highest BCUT2D eigenvalue weighted by molar-refractivity contribution is 5.25. The average molecular weight is 156 g/mol. The molecular formula is C3H4N6O2. The van der Waals surface area contributed by atoms with Gasteiger partial charge in [-0.2, -0.15) is 9.97 Å². The van der Waals surface area contributed by atoms with Gasteiger partial charge in [-0.3, -0.25) is 0 Å². The Morgan fingerprint density at radius 2 is 2.36 bits per heavy atom. The molecule has 0 atom stereocenters. The van der Waals surface area contributed by atoms with Gasteiger partial charge in [0.05, 0.1) is 0 Å². The van der Waals surface area contributed by atoms with Gasteiger partial charge in [-0.25, -0.2) is 15.1 Å². The van der Waals surface area contributed by atoms with E-state index in [9.17, 15) is 10.1 Å². The van der Waals surface area contributed by atoms with E-state index in [-0.39, 0.29) is 11.9 Å². The fourth-order valence-corrected chi connectivity index (χ4v) is 0.444. The Balaban J connectivity index is 2.79. The molecule has 0 aliphatic heterocycles. The standard InChI is InChI=1S/C3H4N6O2/c4-2-5-1-6-3(7-2)8-9(10)11/h1H,(H3,4,5,6,7,8). The van der Waals surface area contributed by atoms with Crippen LogP contribution in [-0.4, -0.2) is 20.0 Å². The summed E-state index contributed by atoms with van der Waals surface area (Å²) in [5.74, 6) is -0.244. The molecule has 11 heavy (non-hydrogen) atoms. The summed E-state index contributed by atoms with van der Waals surface area (Å²) in [5.41, 5.74) is 6.84. The maximum absolute atomic E-state index is 9.83. The Kier molecular flexibility index (Phi) is 1.77. The number of hydrogen-bond acceptors (Lipinski definition) is 6. The summed E-state index contributed by atoms with van der Waals surface area (Å²) in [6.45, 7) is 0. The van der Waals surface area contributed by atoms with Crippen molar-refractivity contribution in [3.8, 4) is 0 Å².